The monoisotopic (exact) mass is 827 g/mol. The van der Waals surface area contributed by atoms with Crippen LogP contribution in [0.15, 0.2) is 228 Å². The number of hydrogen-bond acceptors (Lipinski definition) is 3. The Hall–Kier alpha value is -7.36. The van der Waals surface area contributed by atoms with Crippen molar-refractivity contribution in [2.24, 2.45) is 11.3 Å². The summed E-state index contributed by atoms with van der Waals surface area (Å²) in [5.41, 5.74) is 16.9. The molecule has 3 heteroatoms. The van der Waals surface area contributed by atoms with E-state index < -0.39 is 0 Å². The summed E-state index contributed by atoms with van der Waals surface area (Å²) in [5, 5.41) is 2.34. The SMILES string of the molecule is CC1(C2C=CC(c3cccc4c3oc3ccccc34)=CC2)C=CC(N(C2=CC=C(c3ccc(C4C=CC=C5c6ccccc6O[C@H]54)cc3)CC2)c2ccc(-c3ccccc3)cc2)=CC1. The zero-order valence-electron chi connectivity index (χ0n) is 36.0. The summed E-state index contributed by atoms with van der Waals surface area (Å²) in [6.07, 6.45) is 29.7. The molecule has 0 saturated heterocycles. The molecule has 0 fully saturated rings. The van der Waals surface area contributed by atoms with Crippen molar-refractivity contribution < 1.29 is 9.15 Å². The van der Waals surface area contributed by atoms with Gasteiger partial charge in [-0.1, -0.05) is 183 Å². The van der Waals surface area contributed by atoms with Gasteiger partial charge in [-0.2, -0.15) is 0 Å². The highest BCUT2D eigenvalue weighted by Crippen LogP contribution is 2.47. The lowest BCUT2D eigenvalue weighted by atomic mass is 9.69. The van der Waals surface area contributed by atoms with E-state index in [4.69, 9.17) is 9.15 Å². The van der Waals surface area contributed by atoms with E-state index >= 15 is 0 Å². The van der Waals surface area contributed by atoms with Crippen LogP contribution in [0.2, 0.25) is 0 Å². The van der Waals surface area contributed by atoms with Gasteiger partial charge >= 0.3 is 0 Å². The average Bonchev–Trinajstić information content (AvgIpc) is 3.95. The quantitative estimate of drug-likeness (QED) is 0.153. The number of para-hydroxylation sites is 3. The van der Waals surface area contributed by atoms with E-state index in [1.807, 2.05) is 6.07 Å². The van der Waals surface area contributed by atoms with Gasteiger partial charge in [0.1, 0.15) is 23.0 Å². The first kappa shape index (κ1) is 38.3. The lowest BCUT2D eigenvalue weighted by molar-refractivity contribution is 0.258. The molecule has 2 heterocycles. The predicted molar refractivity (Wildman–Crippen MR) is 266 cm³/mol. The molecule has 7 aromatic rings. The fourth-order valence-electron chi connectivity index (χ4n) is 10.6. The lowest BCUT2D eigenvalue weighted by Crippen LogP contribution is -2.29. The first-order valence-corrected chi connectivity index (χ1v) is 22.8. The van der Waals surface area contributed by atoms with Gasteiger partial charge in [0.15, 0.2) is 0 Å². The first-order valence-electron chi connectivity index (χ1n) is 22.8. The summed E-state index contributed by atoms with van der Waals surface area (Å²) >= 11 is 0. The van der Waals surface area contributed by atoms with Crippen LogP contribution in [0.4, 0.5) is 5.69 Å². The predicted octanol–water partition coefficient (Wildman–Crippen LogP) is 15.8. The molecule has 1 aromatic heterocycles. The highest BCUT2D eigenvalue weighted by atomic mass is 16.5. The smallest absolute Gasteiger partial charge is 0.143 e. The summed E-state index contributed by atoms with van der Waals surface area (Å²) in [6.45, 7) is 2.42. The van der Waals surface area contributed by atoms with Gasteiger partial charge in [-0.05, 0) is 107 Å². The highest BCUT2D eigenvalue weighted by molar-refractivity contribution is 6.08. The van der Waals surface area contributed by atoms with Crippen molar-refractivity contribution in [3.63, 3.8) is 0 Å². The Morgan fingerprint density at radius 3 is 2.19 bits per heavy atom. The Balaban J connectivity index is 0.795. The molecular formula is C61H49NO2. The molecule has 0 bridgehead atoms. The summed E-state index contributed by atoms with van der Waals surface area (Å²) in [7, 11) is 0. The minimum absolute atomic E-state index is 0.00440. The van der Waals surface area contributed by atoms with Crippen LogP contribution in [0, 0.1) is 11.3 Å². The Labute approximate surface area is 375 Å². The van der Waals surface area contributed by atoms with Crippen LogP contribution in [0.3, 0.4) is 0 Å². The molecule has 310 valence electrons. The molecule has 4 atom stereocenters. The Morgan fingerprint density at radius 2 is 1.39 bits per heavy atom. The summed E-state index contributed by atoms with van der Waals surface area (Å²) in [5.74, 6) is 1.55. The largest absolute Gasteiger partial charge is 0.484 e. The maximum atomic E-state index is 6.49. The maximum absolute atomic E-state index is 6.49. The van der Waals surface area contributed by atoms with Crippen LogP contribution in [0.1, 0.15) is 60.8 Å². The molecule has 12 rings (SSSR count). The van der Waals surface area contributed by atoms with Crippen molar-refractivity contribution in [2.75, 3.05) is 4.90 Å². The Kier molecular flexibility index (Phi) is 9.44. The van der Waals surface area contributed by atoms with E-state index in [1.165, 1.54) is 72.4 Å². The van der Waals surface area contributed by atoms with Crippen molar-refractivity contribution in [2.45, 2.75) is 44.6 Å². The Morgan fingerprint density at radius 1 is 0.625 bits per heavy atom. The molecule has 3 nitrogen and oxygen atoms in total. The third-order valence-electron chi connectivity index (χ3n) is 14.3. The van der Waals surface area contributed by atoms with Gasteiger partial charge in [0.05, 0.1) is 0 Å². The first-order chi connectivity index (χ1) is 31.6. The molecule has 0 radical (unpaired) electrons. The van der Waals surface area contributed by atoms with E-state index in [0.29, 0.717) is 5.92 Å². The number of hydrogen-bond donors (Lipinski definition) is 0. The minimum Gasteiger partial charge on any atom is -0.484 e. The molecule has 0 amide bonds. The molecule has 0 N–H and O–H groups in total. The number of nitrogens with zero attached hydrogens (tertiary/aromatic N) is 1. The molecule has 0 spiro atoms. The second-order valence-corrected chi connectivity index (χ2v) is 18.1. The van der Waals surface area contributed by atoms with Crippen LogP contribution < -0.4 is 9.64 Å². The Bertz CT molecular complexity index is 3200. The molecule has 3 unspecified atom stereocenters. The number of ether oxygens (including phenoxy) is 1. The number of anilines is 1. The topological polar surface area (TPSA) is 25.6 Å². The van der Waals surface area contributed by atoms with Crippen LogP contribution in [0.25, 0.3) is 49.8 Å². The number of rotatable bonds is 8. The number of furan rings is 1. The normalized spacial score (nSPS) is 22.2. The van der Waals surface area contributed by atoms with Crippen LogP contribution in [-0.4, -0.2) is 6.10 Å². The fourth-order valence-corrected chi connectivity index (χ4v) is 10.6. The molecule has 64 heavy (non-hydrogen) atoms. The molecule has 1 aliphatic heterocycles. The van der Waals surface area contributed by atoms with Gasteiger partial charge in [-0.3, -0.25) is 0 Å². The molecule has 4 aliphatic carbocycles. The molecular weight excluding hydrogens is 779 g/mol. The van der Waals surface area contributed by atoms with Crippen molar-refractivity contribution in [1.29, 1.82) is 0 Å². The van der Waals surface area contributed by atoms with Crippen LogP contribution in [0.5, 0.6) is 5.75 Å². The molecule has 5 aliphatic rings. The van der Waals surface area contributed by atoms with E-state index in [1.54, 1.807) is 0 Å². The van der Waals surface area contributed by atoms with E-state index in [9.17, 15) is 0 Å². The van der Waals surface area contributed by atoms with Crippen LogP contribution >= 0.6 is 0 Å². The maximum Gasteiger partial charge on any atom is 0.143 e. The highest BCUT2D eigenvalue weighted by Gasteiger charge is 2.36. The van der Waals surface area contributed by atoms with E-state index in [2.05, 4.69) is 218 Å². The third-order valence-corrected chi connectivity index (χ3v) is 14.3. The summed E-state index contributed by atoms with van der Waals surface area (Å²) in [4.78, 5) is 2.49. The number of allylic oxidation sites excluding steroid dienone is 13. The van der Waals surface area contributed by atoms with Gasteiger partial charge in [0.25, 0.3) is 0 Å². The summed E-state index contributed by atoms with van der Waals surface area (Å²) in [6, 6.07) is 52.2. The fraction of sp³-hybridized carbons (Fsp3) is 0.148. The zero-order valence-corrected chi connectivity index (χ0v) is 36.0. The van der Waals surface area contributed by atoms with Gasteiger partial charge in [0.2, 0.25) is 0 Å². The van der Waals surface area contributed by atoms with Crippen molar-refractivity contribution in [1.82, 2.24) is 0 Å². The van der Waals surface area contributed by atoms with Gasteiger partial charge in [0, 0.05) is 50.5 Å². The van der Waals surface area contributed by atoms with Gasteiger partial charge in [-0.15, -0.1) is 0 Å². The number of fused-ring (bicyclic) bond motifs is 6. The minimum atomic E-state index is -0.00440. The van der Waals surface area contributed by atoms with Crippen molar-refractivity contribution in [3.8, 4) is 16.9 Å². The molecule has 6 aromatic carbocycles. The van der Waals surface area contributed by atoms with Crippen molar-refractivity contribution >= 4 is 44.3 Å². The van der Waals surface area contributed by atoms with Crippen LogP contribution in [-0.2, 0) is 0 Å². The van der Waals surface area contributed by atoms with Gasteiger partial charge in [-0.25, -0.2) is 0 Å². The van der Waals surface area contributed by atoms with E-state index in [-0.39, 0.29) is 17.4 Å². The second kappa shape index (κ2) is 15.8. The molecule has 0 saturated carbocycles. The second-order valence-electron chi connectivity index (χ2n) is 18.1. The summed E-state index contributed by atoms with van der Waals surface area (Å²) < 4.78 is 12.9. The average molecular weight is 828 g/mol. The third kappa shape index (κ3) is 6.75. The lowest BCUT2D eigenvalue weighted by Gasteiger charge is -2.38. The van der Waals surface area contributed by atoms with E-state index in [0.717, 1.165) is 48.2 Å². The van der Waals surface area contributed by atoms with Gasteiger partial charge < -0.3 is 14.1 Å². The standard InChI is InChI=1S/C61H49NO2/c1-61(47-31-25-46(26-32-47)52-16-10-18-56-54-14-6-8-20-58(54)64-60(52)56)39-37-50(38-40-61)62(48-33-27-43(28-34-48)41-11-3-2-4-12-41)49-35-29-44(30-36-49)42-21-23-45(24-22-42)51-15-9-17-55-53-13-5-7-19-57(53)63-59(51)55/h2-29,31,33-35,37-39,47,51,59H,30,32,36,40H2,1H3/t47?,51?,59-,61?/m0/s1. The van der Waals surface area contributed by atoms with Crippen molar-refractivity contribution in [3.05, 3.63) is 246 Å². The number of benzene rings is 6. The zero-order chi connectivity index (χ0) is 42.6.